The lowest BCUT2D eigenvalue weighted by atomic mass is 9.98. The zero-order valence-corrected chi connectivity index (χ0v) is 15.8. The summed E-state index contributed by atoms with van der Waals surface area (Å²) < 4.78 is 18.0. The van der Waals surface area contributed by atoms with Gasteiger partial charge in [0.25, 0.3) is 0 Å². The Balaban J connectivity index is 1.96. The third-order valence-electron chi connectivity index (χ3n) is 4.18. The molecule has 1 atom stereocenters. The number of likely N-dealkylation sites (tertiary alicyclic amines) is 1. The van der Waals surface area contributed by atoms with Gasteiger partial charge in [-0.05, 0) is 51.0 Å². The highest BCUT2D eigenvalue weighted by atomic mass is 19.1. The molecule has 1 fully saturated rings. The molecule has 0 bridgehead atoms. The van der Waals surface area contributed by atoms with Crippen LogP contribution in [0.25, 0.3) is 0 Å². The minimum atomic E-state index is -0.360. The molecule has 1 heterocycles. The number of piperidine rings is 1. The second-order valence-electron chi connectivity index (χ2n) is 6.26. The number of hydrogen-bond acceptors (Lipinski definition) is 4. The number of ether oxygens (including phenoxy) is 1. The third-order valence-corrected chi connectivity index (χ3v) is 4.18. The number of rotatable bonds is 6. The van der Waals surface area contributed by atoms with E-state index < -0.39 is 0 Å². The molecular weight excluding hydrogens is 351 g/mol. The Morgan fingerprint density at radius 3 is 2.70 bits per heavy atom. The van der Waals surface area contributed by atoms with Crippen molar-refractivity contribution in [1.29, 1.82) is 0 Å². The van der Waals surface area contributed by atoms with Gasteiger partial charge in [-0.1, -0.05) is 0 Å². The maximum Gasteiger partial charge on any atom is 0.310 e. The first-order valence-electron chi connectivity index (χ1n) is 9.28. The van der Waals surface area contributed by atoms with E-state index in [2.05, 4.69) is 15.6 Å². The Labute approximate surface area is 159 Å². The van der Waals surface area contributed by atoms with Gasteiger partial charge in [0, 0.05) is 25.3 Å². The normalized spacial score (nSPS) is 17.4. The van der Waals surface area contributed by atoms with Crippen molar-refractivity contribution < 1.29 is 18.7 Å². The number of nitrogens with zero attached hydrogens (tertiary/aromatic N) is 2. The molecule has 2 N–H and O–H groups in total. The van der Waals surface area contributed by atoms with Crippen molar-refractivity contribution in [3.05, 3.63) is 30.1 Å². The van der Waals surface area contributed by atoms with E-state index in [0.29, 0.717) is 31.3 Å². The van der Waals surface area contributed by atoms with Crippen LogP contribution in [-0.4, -0.2) is 55.5 Å². The van der Waals surface area contributed by atoms with Gasteiger partial charge < -0.3 is 20.3 Å². The maximum absolute atomic E-state index is 12.9. The molecule has 1 saturated heterocycles. The lowest BCUT2D eigenvalue weighted by Gasteiger charge is -2.33. The van der Waals surface area contributed by atoms with Gasteiger partial charge in [0.15, 0.2) is 5.96 Å². The van der Waals surface area contributed by atoms with Crippen LogP contribution < -0.4 is 10.6 Å². The first kappa shape index (κ1) is 20.7. The Bertz CT molecular complexity index is 663. The highest BCUT2D eigenvalue weighted by molar-refractivity contribution is 5.94. The van der Waals surface area contributed by atoms with Crippen molar-refractivity contribution in [1.82, 2.24) is 10.2 Å². The van der Waals surface area contributed by atoms with Gasteiger partial charge in [0.05, 0.1) is 12.5 Å². The van der Waals surface area contributed by atoms with Gasteiger partial charge in [-0.25, -0.2) is 9.38 Å². The number of benzene rings is 1. The largest absolute Gasteiger partial charge is 0.466 e. The van der Waals surface area contributed by atoms with Crippen LogP contribution >= 0.6 is 0 Å². The monoisotopic (exact) mass is 378 g/mol. The van der Waals surface area contributed by atoms with Gasteiger partial charge in [-0.2, -0.15) is 0 Å². The zero-order valence-electron chi connectivity index (χ0n) is 15.8. The number of aliphatic imine (C=N–C) groups is 1. The van der Waals surface area contributed by atoms with Gasteiger partial charge in [-0.15, -0.1) is 0 Å². The minimum absolute atomic E-state index is 0.0692. The summed E-state index contributed by atoms with van der Waals surface area (Å²) in [6.45, 7) is 5.97. The number of anilines is 1. The number of halogens is 1. The molecule has 1 aromatic rings. The number of nitrogens with one attached hydrogen (secondary N) is 2. The first-order valence-corrected chi connectivity index (χ1v) is 9.28. The molecule has 0 saturated carbocycles. The summed E-state index contributed by atoms with van der Waals surface area (Å²) >= 11 is 0. The van der Waals surface area contributed by atoms with Crippen molar-refractivity contribution in [2.75, 3.05) is 38.1 Å². The second kappa shape index (κ2) is 10.5. The number of guanidine groups is 1. The Hall–Kier alpha value is -2.64. The van der Waals surface area contributed by atoms with E-state index in [9.17, 15) is 14.0 Å². The highest BCUT2D eigenvalue weighted by Gasteiger charge is 2.28. The van der Waals surface area contributed by atoms with Crippen molar-refractivity contribution in [2.45, 2.75) is 26.7 Å². The average molecular weight is 378 g/mol. The second-order valence-corrected chi connectivity index (χ2v) is 6.26. The van der Waals surface area contributed by atoms with Gasteiger partial charge >= 0.3 is 5.97 Å². The molecule has 8 heteroatoms. The maximum atomic E-state index is 12.9. The lowest BCUT2D eigenvalue weighted by molar-refractivity contribution is -0.149. The SMILES string of the molecule is CCNC(=NCC(=O)Nc1ccc(F)cc1)N1CCCC(C(=O)OCC)C1. The topological polar surface area (TPSA) is 83.0 Å². The molecule has 1 aliphatic rings. The molecular formula is C19H27FN4O3. The smallest absolute Gasteiger partial charge is 0.310 e. The summed E-state index contributed by atoms with van der Waals surface area (Å²) in [5, 5.41) is 5.84. The fraction of sp³-hybridized carbons (Fsp3) is 0.526. The standard InChI is InChI=1S/C19H27FN4O3/c1-3-21-19(24-11-5-6-14(13-24)18(26)27-4-2)22-12-17(25)23-16-9-7-15(20)8-10-16/h7-10,14H,3-6,11-13H2,1-2H3,(H,21,22)(H,23,25). The van der Waals surface area contributed by atoms with Crippen LogP contribution in [0.1, 0.15) is 26.7 Å². The molecule has 1 aliphatic heterocycles. The summed E-state index contributed by atoms with van der Waals surface area (Å²) in [5.41, 5.74) is 0.516. The summed E-state index contributed by atoms with van der Waals surface area (Å²) in [4.78, 5) is 30.5. The number of hydrogen-bond donors (Lipinski definition) is 2. The molecule has 27 heavy (non-hydrogen) atoms. The Morgan fingerprint density at radius 1 is 1.30 bits per heavy atom. The first-order chi connectivity index (χ1) is 13.0. The molecule has 0 aromatic heterocycles. The Kier molecular flexibility index (Phi) is 8.03. The van der Waals surface area contributed by atoms with Crippen molar-refractivity contribution in [2.24, 2.45) is 10.9 Å². The average Bonchev–Trinajstić information content (AvgIpc) is 2.67. The van der Waals surface area contributed by atoms with Crippen LogP contribution in [-0.2, 0) is 14.3 Å². The number of esters is 1. The van der Waals surface area contributed by atoms with E-state index in [1.807, 2.05) is 11.8 Å². The third kappa shape index (κ3) is 6.54. The molecule has 1 unspecified atom stereocenters. The van der Waals surface area contributed by atoms with E-state index in [1.54, 1.807) is 6.92 Å². The molecule has 1 amide bonds. The quantitative estimate of drug-likeness (QED) is 0.449. The molecule has 7 nitrogen and oxygen atoms in total. The molecule has 2 rings (SSSR count). The predicted molar refractivity (Wildman–Crippen MR) is 102 cm³/mol. The number of carbonyl (C=O) groups is 2. The molecule has 1 aromatic carbocycles. The Morgan fingerprint density at radius 2 is 2.04 bits per heavy atom. The number of amides is 1. The molecule has 0 spiro atoms. The van der Waals surface area contributed by atoms with Gasteiger partial charge in [0.2, 0.25) is 5.91 Å². The van der Waals surface area contributed by atoms with Crippen molar-refractivity contribution in [3.8, 4) is 0 Å². The van der Waals surface area contributed by atoms with E-state index in [0.717, 1.165) is 19.4 Å². The van der Waals surface area contributed by atoms with Crippen LogP contribution in [0.2, 0.25) is 0 Å². The van der Waals surface area contributed by atoms with Crippen LogP contribution in [0.3, 0.4) is 0 Å². The summed E-state index contributed by atoms with van der Waals surface area (Å²) in [7, 11) is 0. The fourth-order valence-corrected chi connectivity index (χ4v) is 2.93. The molecule has 0 radical (unpaired) electrons. The fourth-order valence-electron chi connectivity index (χ4n) is 2.93. The molecule has 0 aliphatic carbocycles. The van der Waals surface area contributed by atoms with Crippen LogP contribution in [0, 0.1) is 11.7 Å². The highest BCUT2D eigenvalue weighted by Crippen LogP contribution is 2.18. The van der Waals surface area contributed by atoms with E-state index >= 15 is 0 Å². The summed E-state index contributed by atoms with van der Waals surface area (Å²) in [6.07, 6.45) is 1.65. The summed E-state index contributed by atoms with van der Waals surface area (Å²) in [6, 6.07) is 5.56. The zero-order chi connectivity index (χ0) is 19.6. The number of carbonyl (C=O) groups excluding carboxylic acids is 2. The van der Waals surface area contributed by atoms with E-state index in [1.165, 1.54) is 24.3 Å². The van der Waals surface area contributed by atoms with Crippen LogP contribution in [0.5, 0.6) is 0 Å². The predicted octanol–water partition coefficient (Wildman–Crippen LogP) is 2.00. The van der Waals surface area contributed by atoms with Crippen molar-refractivity contribution >= 4 is 23.5 Å². The summed E-state index contributed by atoms with van der Waals surface area (Å²) in [5.74, 6) is -0.430. The van der Waals surface area contributed by atoms with Crippen LogP contribution in [0.4, 0.5) is 10.1 Å². The lowest BCUT2D eigenvalue weighted by Crippen LogP contribution is -2.48. The van der Waals surface area contributed by atoms with Gasteiger partial charge in [-0.3, -0.25) is 9.59 Å². The van der Waals surface area contributed by atoms with Crippen LogP contribution in [0.15, 0.2) is 29.3 Å². The molecule has 148 valence electrons. The van der Waals surface area contributed by atoms with E-state index in [4.69, 9.17) is 4.74 Å². The van der Waals surface area contributed by atoms with E-state index in [-0.39, 0.29) is 30.2 Å². The minimum Gasteiger partial charge on any atom is -0.466 e. The van der Waals surface area contributed by atoms with Crippen molar-refractivity contribution in [3.63, 3.8) is 0 Å². The van der Waals surface area contributed by atoms with Gasteiger partial charge in [0.1, 0.15) is 12.4 Å².